The molecule has 102 valence electrons. The normalized spacial score (nSPS) is 11.1. The average Bonchev–Trinajstić information content (AvgIpc) is 2.78. The number of aromatic nitrogens is 2. The van der Waals surface area contributed by atoms with Gasteiger partial charge in [0, 0.05) is 18.6 Å². The number of rotatable bonds is 4. The lowest BCUT2D eigenvalue weighted by atomic mass is 10.2. The minimum atomic E-state index is 0.719. The molecule has 0 unspecified atom stereocenters. The number of aryl methyl sites for hydroxylation is 1. The molecule has 0 saturated heterocycles. The van der Waals surface area contributed by atoms with Crippen molar-refractivity contribution in [3.63, 3.8) is 0 Å². The summed E-state index contributed by atoms with van der Waals surface area (Å²) in [6.45, 7) is 1.46. The van der Waals surface area contributed by atoms with Crippen molar-refractivity contribution in [2.24, 2.45) is 7.05 Å². The molecule has 0 saturated carbocycles. The first-order valence-corrected chi connectivity index (χ1v) is 6.98. The molecule has 0 spiro atoms. The first-order valence-electron chi connectivity index (χ1n) is 6.60. The predicted molar refractivity (Wildman–Crippen MR) is 82.7 cm³/mol. The van der Waals surface area contributed by atoms with Gasteiger partial charge in [0.2, 0.25) is 0 Å². The first-order chi connectivity index (χ1) is 9.75. The van der Waals surface area contributed by atoms with Crippen molar-refractivity contribution in [1.29, 1.82) is 0 Å². The van der Waals surface area contributed by atoms with Crippen LogP contribution in [0.1, 0.15) is 11.4 Å². The van der Waals surface area contributed by atoms with Crippen molar-refractivity contribution < 1.29 is 0 Å². The Kier molecular flexibility index (Phi) is 3.72. The largest absolute Gasteiger partial charge is 0.330 e. The van der Waals surface area contributed by atoms with Crippen LogP contribution in [0, 0.1) is 0 Å². The van der Waals surface area contributed by atoms with Crippen LogP contribution in [0.2, 0.25) is 5.02 Å². The van der Waals surface area contributed by atoms with E-state index in [1.807, 2.05) is 49.5 Å². The summed E-state index contributed by atoms with van der Waals surface area (Å²) in [6, 6.07) is 16.0. The van der Waals surface area contributed by atoms with Gasteiger partial charge in [-0.3, -0.25) is 0 Å². The van der Waals surface area contributed by atoms with Crippen molar-refractivity contribution in [3.05, 3.63) is 64.9 Å². The van der Waals surface area contributed by atoms with Crippen LogP contribution >= 0.6 is 11.6 Å². The third kappa shape index (κ3) is 2.55. The van der Waals surface area contributed by atoms with E-state index in [9.17, 15) is 0 Å². The molecule has 1 N–H and O–H groups in total. The average molecular weight is 286 g/mol. The molecule has 0 atom stereocenters. The first kappa shape index (κ1) is 13.2. The van der Waals surface area contributed by atoms with Crippen molar-refractivity contribution in [3.8, 4) is 0 Å². The lowest BCUT2D eigenvalue weighted by Crippen LogP contribution is -2.16. The van der Waals surface area contributed by atoms with Crippen molar-refractivity contribution in [2.45, 2.75) is 13.1 Å². The maximum atomic E-state index is 6.14. The maximum Gasteiger partial charge on any atom is 0.123 e. The van der Waals surface area contributed by atoms with Crippen molar-refractivity contribution in [1.82, 2.24) is 14.9 Å². The van der Waals surface area contributed by atoms with Crippen LogP contribution < -0.4 is 5.32 Å². The van der Waals surface area contributed by atoms with Crippen LogP contribution in [0.25, 0.3) is 11.0 Å². The summed E-state index contributed by atoms with van der Waals surface area (Å²) in [5.74, 6) is 1.03. The Morgan fingerprint density at radius 3 is 2.60 bits per heavy atom. The van der Waals surface area contributed by atoms with E-state index in [2.05, 4.69) is 20.9 Å². The van der Waals surface area contributed by atoms with Crippen LogP contribution in [0.15, 0.2) is 48.5 Å². The summed E-state index contributed by atoms with van der Waals surface area (Å²) >= 11 is 6.14. The van der Waals surface area contributed by atoms with E-state index < -0.39 is 0 Å². The van der Waals surface area contributed by atoms with Gasteiger partial charge in [-0.05, 0) is 23.8 Å². The minimum Gasteiger partial charge on any atom is -0.330 e. The topological polar surface area (TPSA) is 29.9 Å². The van der Waals surface area contributed by atoms with Crippen LogP contribution in [-0.4, -0.2) is 9.55 Å². The third-order valence-electron chi connectivity index (χ3n) is 3.44. The van der Waals surface area contributed by atoms with E-state index in [-0.39, 0.29) is 0 Å². The van der Waals surface area contributed by atoms with E-state index in [1.165, 1.54) is 0 Å². The summed E-state index contributed by atoms with van der Waals surface area (Å²) in [5.41, 5.74) is 3.29. The Labute approximate surface area is 123 Å². The van der Waals surface area contributed by atoms with Crippen LogP contribution in [-0.2, 0) is 20.1 Å². The molecule has 0 amide bonds. The van der Waals surface area contributed by atoms with Crippen molar-refractivity contribution in [2.75, 3.05) is 0 Å². The van der Waals surface area contributed by atoms with E-state index in [1.54, 1.807) is 0 Å². The zero-order valence-electron chi connectivity index (χ0n) is 11.3. The molecule has 0 fully saturated rings. The van der Waals surface area contributed by atoms with Gasteiger partial charge in [0.25, 0.3) is 0 Å². The highest BCUT2D eigenvalue weighted by Crippen LogP contribution is 2.16. The van der Waals surface area contributed by atoms with Gasteiger partial charge in [0.15, 0.2) is 0 Å². The molecule has 0 bridgehead atoms. The van der Waals surface area contributed by atoms with Gasteiger partial charge in [-0.1, -0.05) is 41.9 Å². The Morgan fingerprint density at radius 2 is 1.80 bits per heavy atom. The number of fused-ring (bicyclic) bond motifs is 1. The van der Waals surface area contributed by atoms with Gasteiger partial charge in [0.05, 0.1) is 17.6 Å². The van der Waals surface area contributed by atoms with Gasteiger partial charge in [-0.25, -0.2) is 4.98 Å². The van der Waals surface area contributed by atoms with Gasteiger partial charge in [0.1, 0.15) is 5.82 Å². The second kappa shape index (κ2) is 5.65. The summed E-state index contributed by atoms with van der Waals surface area (Å²) < 4.78 is 2.12. The Hall–Kier alpha value is -1.84. The number of imidazole rings is 1. The highest BCUT2D eigenvalue weighted by atomic mass is 35.5. The molecule has 3 rings (SSSR count). The summed E-state index contributed by atoms with van der Waals surface area (Å²) in [7, 11) is 2.04. The van der Waals surface area contributed by atoms with Gasteiger partial charge >= 0.3 is 0 Å². The van der Waals surface area contributed by atoms with Crippen molar-refractivity contribution >= 4 is 22.6 Å². The number of nitrogens with one attached hydrogen (secondary N) is 1. The SMILES string of the molecule is Cn1c(CNCc2ccccc2Cl)nc2ccccc21. The van der Waals surface area contributed by atoms with Crippen LogP contribution in [0.5, 0.6) is 0 Å². The molecule has 2 aromatic carbocycles. The highest BCUT2D eigenvalue weighted by molar-refractivity contribution is 6.31. The quantitative estimate of drug-likeness (QED) is 0.795. The van der Waals surface area contributed by atoms with Crippen LogP contribution in [0.4, 0.5) is 0 Å². The second-order valence-corrected chi connectivity index (χ2v) is 5.18. The molecular weight excluding hydrogens is 270 g/mol. The Morgan fingerprint density at radius 1 is 1.05 bits per heavy atom. The van der Waals surface area contributed by atoms with Gasteiger partial charge in [-0.2, -0.15) is 0 Å². The summed E-state index contributed by atoms with van der Waals surface area (Å²) in [6.07, 6.45) is 0. The monoisotopic (exact) mass is 285 g/mol. The molecular formula is C16H16ClN3. The fraction of sp³-hybridized carbons (Fsp3) is 0.188. The lowest BCUT2D eigenvalue weighted by molar-refractivity contribution is 0.644. The molecule has 3 aromatic rings. The molecule has 1 aromatic heterocycles. The Bertz CT molecular complexity index is 733. The van der Waals surface area contributed by atoms with E-state index in [4.69, 9.17) is 11.6 Å². The fourth-order valence-electron chi connectivity index (χ4n) is 2.30. The highest BCUT2D eigenvalue weighted by Gasteiger charge is 2.06. The fourth-order valence-corrected chi connectivity index (χ4v) is 2.51. The molecule has 0 aliphatic carbocycles. The lowest BCUT2D eigenvalue weighted by Gasteiger charge is -2.06. The number of hydrogen-bond acceptors (Lipinski definition) is 2. The van der Waals surface area contributed by atoms with E-state index >= 15 is 0 Å². The summed E-state index contributed by atoms with van der Waals surface area (Å²) in [5, 5.41) is 4.19. The third-order valence-corrected chi connectivity index (χ3v) is 3.80. The zero-order chi connectivity index (χ0) is 13.9. The number of para-hydroxylation sites is 2. The smallest absolute Gasteiger partial charge is 0.123 e. The second-order valence-electron chi connectivity index (χ2n) is 4.77. The molecule has 20 heavy (non-hydrogen) atoms. The molecule has 4 heteroatoms. The molecule has 3 nitrogen and oxygen atoms in total. The maximum absolute atomic E-state index is 6.14. The summed E-state index contributed by atoms with van der Waals surface area (Å²) in [4.78, 5) is 4.63. The van der Waals surface area contributed by atoms with Gasteiger partial charge < -0.3 is 9.88 Å². The molecule has 0 aliphatic heterocycles. The van der Waals surface area contributed by atoms with E-state index in [0.717, 1.165) is 40.5 Å². The number of hydrogen-bond donors (Lipinski definition) is 1. The van der Waals surface area contributed by atoms with E-state index in [0.29, 0.717) is 0 Å². The molecule has 1 heterocycles. The number of nitrogens with zero attached hydrogens (tertiary/aromatic N) is 2. The standard InChI is InChI=1S/C16H16ClN3/c1-20-15-9-5-4-8-14(15)19-16(20)11-18-10-12-6-2-3-7-13(12)17/h2-9,18H,10-11H2,1H3. The molecule has 0 aliphatic rings. The minimum absolute atomic E-state index is 0.719. The predicted octanol–water partition coefficient (Wildman–Crippen LogP) is 3.52. The molecule has 0 radical (unpaired) electrons. The number of halogens is 1. The van der Waals surface area contributed by atoms with Gasteiger partial charge in [-0.15, -0.1) is 0 Å². The zero-order valence-corrected chi connectivity index (χ0v) is 12.1. The Balaban J connectivity index is 1.71. The van der Waals surface area contributed by atoms with Crippen LogP contribution in [0.3, 0.4) is 0 Å². The number of benzene rings is 2.